The van der Waals surface area contributed by atoms with Crippen molar-refractivity contribution in [2.75, 3.05) is 18.4 Å². The molecule has 122 valence electrons. The van der Waals surface area contributed by atoms with Gasteiger partial charge >= 0.3 is 17.8 Å². The highest BCUT2D eigenvalue weighted by molar-refractivity contribution is 9.10. The molecule has 1 N–H and O–H groups in total. The molecule has 8 heteroatoms. The Labute approximate surface area is 141 Å². The minimum Gasteiger partial charge on any atom is -0.325 e. The first-order valence-corrected chi connectivity index (χ1v) is 7.81. The third kappa shape index (κ3) is 3.95. The lowest BCUT2D eigenvalue weighted by atomic mass is 10.2. The highest BCUT2D eigenvalue weighted by Gasteiger charge is 2.45. The predicted molar refractivity (Wildman–Crippen MR) is 86.4 cm³/mol. The van der Waals surface area contributed by atoms with Crippen LogP contribution in [0, 0.1) is 5.92 Å². The molecule has 1 fully saturated rings. The van der Waals surface area contributed by atoms with Crippen LogP contribution in [0.1, 0.15) is 13.8 Å². The van der Waals surface area contributed by atoms with Crippen molar-refractivity contribution in [2.24, 2.45) is 5.92 Å². The van der Waals surface area contributed by atoms with Crippen LogP contribution < -0.4 is 5.32 Å². The van der Waals surface area contributed by atoms with Crippen LogP contribution in [0.3, 0.4) is 0 Å². The average Bonchev–Trinajstić information content (AvgIpc) is 2.67. The minimum absolute atomic E-state index is 0.0345. The Kier molecular flexibility index (Phi) is 5.15. The van der Waals surface area contributed by atoms with Gasteiger partial charge in [0.2, 0.25) is 5.91 Å². The highest BCUT2D eigenvalue weighted by Crippen LogP contribution is 2.16. The molecule has 5 amide bonds. The number of imide groups is 2. The van der Waals surface area contributed by atoms with E-state index in [0.29, 0.717) is 10.6 Å². The van der Waals surface area contributed by atoms with E-state index in [4.69, 9.17) is 0 Å². The second-order valence-corrected chi connectivity index (χ2v) is 6.45. The lowest BCUT2D eigenvalue weighted by Gasteiger charge is -2.16. The number of urea groups is 1. The standard InChI is InChI=1S/C15H16BrN3O4/c1-9(2)7-18-13(21)14(22)19(15(18)23)8-12(20)17-11-5-3-10(16)4-6-11/h3-6,9H,7-8H2,1-2H3,(H,17,20). The summed E-state index contributed by atoms with van der Waals surface area (Å²) in [5.41, 5.74) is 0.530. The van der Waals surface area contributed by atoms with Crippen molar-refractivity contribution in [3.05, 3.63) is 28.7 Å². The number of anilines is 1. The molecule has 0 saturated carbocycles. The molecular weight excluding hydrogens is 366 g/mol. The van der Waals surface area contributed by atoms with Gasteiger partial charge < -0.3 is 5.32 Å². The van der Waals surface area contributed by atoms with Crippen LogP contribution in [0.4, 0.5) is 10.5 Å². The van der Waals surface area contributed by atoms with Crippen molar-refractivity contribution in [3.63, 3.8) is 0 Å². The molecule has 1 aliphatic rings. The molecule has 0 atom stereocenters. The Bertz CT molecular complexity index is 657. The van der Waals surface area contributed by atoms with Crippen molar-refractivity contribution in [3.8, 4) is 0 Å². The summed E-state index contributed by atoms with van der Waals surface area (Å²) in [6.45, 7) is 3.31. The molecule has 0 aromatic heterocycles. The molecule has 1 saturated heterocycles. The smallest absolute Gasteiger partial charge is 0.325 e. The van der Waals surface area contributed by atoms with Gasteiger partial charge in [0.25, 0.3) is 0 Å². The number of carbonyl (C=O) groups excluding carboxylic acids is 4. The summed E-state index contributed by atoms with van der Waals surface area (Å²) >= 11 is 3.28. The maximum absolute atomic E-state index is 12.1. The fourth-order valence-corrected chi connectivity index (χ4v) is 2.36. The molecule has 0 aliphatic carbocycles. The number of amides is 5. The van der Waals surface area contributed by atoms with Gasteiger partial charge in [0.15, 0.2) is 0 Å². The molecule has 7 nitrogen and oxygen atoms in total. The SMILES string of the molecule is CC(C)CN1C(=O)C(=O)N(CC(=O)Nc2ccc(Br)cc2)C1=O. The van der Waals surface area contributed by atoms with Gasteiger partial charge in [-0.3, -0.25) is 19.3 Å². The van der Waals surface area contributed by atoms with E-state index in [1.165, 1.54) is 0 Å². The van der Waals surface area contributed by atoms with Gasteiger partial charge in [-0.25, -0.2) is 9.69 Å². The molecule has 23 heavy (non-hydrogen) atoms. The fraction of sp³-hybridized carbons (Fsp3) is 0.333. The maximum Gasteiger partial charge on any atom is 0.334 e. The molecule has 0 bridgehead atoms. The summed E-state index contributed by atoms with van der Waals surface area (Å²) in [5.74, 6) is -2.37. The van der Waals surface area contributed by atoms with Crippen molar-refractivity contribution < 1.29 is 19.2 Å². The van der Waals surface area contributed by atoms with Gasteiger partial charge in [-0.05, 0) is 30.2 Å². The number of hydrogen-bond donors (Lipinski definition) is 1. The Morgan fingerprint density at radius 1 is 1.09 bits per heavy atom. The van der Waals surface area contributed by atoms with Crippen LogP contribution >= 0.6 is 15.9 Å². The van der Waals surface area contributed by atoms with Crippen LogP contribution in [-0.4, -0.2) is 46.6 Å². The Morgan fingerprint density at radius 2 is 1.65 bits per heavy atom. The Hall–Kier alpha value is -2.22. The van der Waals surface area contributed by atoms with Crippen LogP contribution in [0.25, 0.3) is 0 Å². The van der Waals surface area contributed by atoms with E-state index >= 15 is 0 Å². The number of halogens is 1. The molecular formula is C15H16BrN3O4. The highest BCUT2D eigenvalue weighted by atomic mass is 79.9. The van der Waals surface area contributed by atoms with Crippen molar-refractivity contribution in [1.82, 2.24) is 9.80 Å². The van der Waals surface area contributed by atoms with Crippen LogP contribution in [0.2, 0.25) is 0 Å². The van der Waals surface area contributed by atoms with Gasteiger partial charge in [0, 0.05) is 16.7 Å². The summed E-state index contributed by atoms with van der Waals surface area (Å²) < 4.78 is 0.857. The summed E-state index contributed by atoms with van der Waals surface area (Å²) in [7, 11) is 0. The monoisotopic (exact) mass is 381 g/mol. The molecule has 1 aliphatic heterocycles. The fourth-order valence-electron chi connectivity index (χ4n) is 2.09. The number of carbonyl (C=O) groups is 4. The molecule has 1 heterocycles. The number of rotatable bonds is 5. The Balaban J connectivity index is 2.02. The van der Waals surface area contributed by atoms with Gasteiger partial charge in [-0.15, -0.1) is 0 Å². The molecule has 2 rings (SSSR count). The third-order valence-corrected chi connectivity index (χ3v) is 3.64. The lowest BCUT2D eigenvalue weighted by Crippen LogP contribution is -2.39. The maximum atomic E-state index is 12.1. The van der Waals surface area contributed by atoms with E-state index < -0.39 is 30.3 Å². The summed E-state index contributed by atoms with van der Waals surface area (Å²) in [6, 6.07) is 6.09. The summed E-state index contributed by atoms with van der Waals surface area (Å²) in [5, 5.41) is 2.57. The van der Waals surface area contributed by atoms with Crippen molar-refractivity contribution in [1.29, 1.82) is 0 Å². The van der Waals surface area contributed by atoms with E-state index in [1.807, 2.05) is 13.8 Å². The lowest BCUT2D eigenvalue weighted by molar-refractivity contribution is -0.143. The number of nitrogens with one attached hydrogen (secondary N) is 1. The zero-order chi connectivity index (χ0) is 17.1. The first kappa shape index (κ1) is 17.1. The quantitative estimate of drug-likeness (QED) is 0.622. The number of benzene rings is 1. The van der Waals surface area contributed by atoms with Crippen molar-refractivity contribution >= 4 is 45.4 Å². The zero-order valence-corrected chi connectivity index (χ0v) is 14.3. The summed E-state index contributed by atoms with van der Waals surface area (Å²) in [6.07, 6.45) is 0. The minimum atomic E-state index is -0.971. The van der Waals surface area contributed by atoms with Crippen LogP contribution in [-0.2, 0) is 14.4 Å². The first-order chi connectivity index (χ1) is 10.8. The topological polar surface area (TPSA) is 86.8 Å². The van der Waals surface area contributed by atoms with Gasteiger partial charge in [0.1, 0.15) is 6.54 Å². The van der Waals surface area contributed by atoms with Crippen molar-refractivity contribution in [2.45, 2.75) is 13.8 Å². The second-order valence-electron chi connectivity index (χ2n) is 5.54. The molecule has 0 unspecified atom stereocenters. The second kappa shape index (κ2) is 6.91. The molecule has 1 aromatic carbocycles. The van der Waals surface area contributed by atoms with Gasteiger partial charge in [-0.2, -0.15) is 0 Å². The van der Waals surface area contributed by atoms with E-state index in [0.717, 1.165) is 9.37 Å². The number of nitrogens with zero attached hydrogens (tertiary/aromatic N) is 2. The first-order valence-electron chi connectivity index (χ1n) is 7.02. The molecule has 0 spiro atoms. The van der Waals surface area contributed by atoms with E-state index in [2.05, 4.69) is 21.2 Å². The van der Waals surface area contributed by atoms with Crippen LogP contribution in [0.15, 0.2) is 28.7 Å². The van der Waals surface area contributed by atoms with Gasteiger partial charge in [-0.1, -0.05) is 29.8 Å². The van der Waals surface area contributed by atoms with E-state index in [9.17, 15) is 19.2 Å². The molecule has 1 aromatic rings. The molecule has 0 radical (unpaired) electrons. The normalized spacial score (nSPS) is 14.9. The van der Waals surface area contributed by atoms with Crippen LogP contribution in [0.5, 0.6) is 0 Å². The zero-order valence-electron chi connectivity index (χ0n) is 12.7. The largest absolute Gasteiger partial charge is 0.334 e. The Morgan fingerprint density at radius 3 is 2.22 bits per heavy atom. The average molecular weight is 382 g/mol. The van der Waals surface area contributed by atoms with Gasteiger partial charge in [0.05, 0.1) is 0 Å². The number of hydrogen-bond acceptors (Lipinski definition) is 4. The van der Waals surface area contributed by atoms with E-state index in [1.54, 1.807) is 24.3 Å². The summed E-state index contributed by atoms with van der Waals surface area (Å²) in [4.78, 5) is 49.3. The third-order valence-electron chi connectivity index (χ3n) is 3.11. The van der Waals surface area contributed by atoms with E-state index in [-0.39, 0.29) is 12.5 Å². The predicted octanol–water partition coefficient (Wildman–Crippen LogP) is 1.83.